The maximum absolute atomic E-state index is 13.8. The summed E-state index contributed by atoms with van der Waals surface area (Å²) in [6, 6.07) is 16.7. The first-order valence-electron chi connectivity index (χ1n) is 19.8. The molecular weight excluding hydrogens is 758 g/mol. The number of halogens is 1. The van der Waals surface area contributed by atoms with E-state index in [0.717, 1.165) is 74.0 Å². The molecule has 5 aromatic rings. The molecular formula is C42H46FN11O5. The summed E-state index contributed by atoms with van der Waals surface area (Å²) in [6.07, 6.45) is 3.84. The van der Waals surface area contributed by atoms with E-state index in [4.69, 9.17) is 15.6 Å². The molecule has 59 heavy (non-hydrogen) atoms. The van der Waals surface area contributed by atoms with Crippen LogP contribution >= 0.6 is 0 Å². The Labute approximate surface area is 339 Å². The number of carbonyl (C=O) groups is 4. The van der Waals surface area contributed by atoms with E-state index >= 15 is 0 Å². The molecule has 3 aliphatic rings. The van der Waals surface area contributed by atoms with E-state index in [0.29, 0.717) is 53.4 Å². The summed E-state index contributed by atoms with van der Waals surface area (Å²) in [7, 11) is 1.43. The lowest BCUT2D eigenvalue weighted by Gasteiger charge is -2.32. The molecule has 4 amide bonds. The Bertz CT molecular complexity index is 2400. The molecule has 16 nitrogen and oxygen atoms in total. The lowest BCUT2D eigenvalue weighted by Crippen LogP contribution is -2.52. The van der Waals surface area contributed by atoms with Crippen LogP contribution in [0.15, 0.2) is 67.0 Å². The van der Waals surface area contributed by atoms with Gasteiger partial charge in [0.2, 0.25) is 11.8 Å². The summed E-state index contributed by atoms with van der Waals surface area (Å²) >= 11 is 0. The van der Waals surface area contributed by atoms with E-state index in [1.807, 2.05) is 47.1 Å². The Morgan fingerprint density at radius 1 is 0.983 bits per heavy atom. The van der Waals surface area contributed by atoms with Crippen molar-refractivity contribution in [1.82, 2.24) is 45.5 Å². The molecule has 8 rings (SSSR count). The molecule has 0 radical (unpaired) electrons. The first-order chi connectivity index (χ1) is 28.7. The van der Waals surface area contributed by atoms with Gasteiger partial charge < -0.3 is 36.2 Å². The first-order valence-corrected chi connectivity index (χ1v) is 19.8. The van der Waals surface area contributed by atoms with Crippen molar-refractivity contribution in [3.8, 4) is 17.0 Å². The second kappa shape index (κ2) is 17.2. The number of nitrogens with one attached hydrogen (secondary N) is 4. The molecule has 3 aromatic carbocycles. The molecule has 0 saturated carbocycles. The van der Waals surface area contributed by atoms with E-state index < -0.39 is 23.7 Å². The molecule has 0 bridgehead atoms. The lowest BCUT2D eigenvalue weighted by atomic mass is 10.0. The predicted octanol–water partition coefficient (Wildman–Crippen LogP) is 3.25. The van der Waals surface area contributed by atoms with Crippen LogP contribution in [0, 0.1) is 5.82 Å². The smallest absolute Gasteiger partial charge is 0.255 e. The third-order valence-electron chi connectivity index (χ3n) is 11.3. The zero-order valence-electron chi connectivity index (χ0n) is 32.7. The topological polar surface area (TPSA) is 202 Å². The van der Waals surface area contributed by atoms with Crippen LogP contribution in [0.3, 0.4) is 0 Å². The molecule has 306 valence electrons. The van der Waals surface area contributed by atoms with Crippen LogP contribution in [0.5, 0.6) is 5.75 Å². The number of benzene rings is 3. The highest BCUT2D eigenvalue weighted by atomic mass is 19.1. The molecule has 0 unspecified atom stereocenters. The van der Waals surface area contributed by atoms with Crippen molar-refractivity contribution < 1.29 is 28.3 Å². The Kier molecular flexibility index (Phi) is 11.5. The number of rotatable bonds is 14. The van der Waals surface area contributed by atoms with Gasteiger partial charge in [-0.15, -0.1) is 0 Å². The fourth-order valence-corrected chi connectivity index (χ4v) is 8.08. The third-order valence-corrected chi connectivity index (χ3v) is 11.3. The van der Waals surface area contributed by atoms with Gasteiger partial charge in [0, 0.05) is 75.6 Å². The van der Waals surface area contributed by atoms with Crippen LogP contribution in [-0.4, -0.2) is 106 Å². The van der Waals surface area contributed by atoms with Crippen molar-refractivity contribution in [2.45, 2.75) is 50.9 Å². The monoisotopic (exact) mass is 803 g/mol. The molecule has 2 saturated heterocycles. The number of likely N-dealkylation sites (tertiary alicyclic amines) is 1. The predicted molar refractivity (Wildman–Crippen MR) is 218 cm³/mol. The summed E-state index contributed by atoms with van der Waals surface area (Å²) in [5, 5.41) is 17.8. The average molecular weight is 804 g/mol. The quantitative estimate of drug-likeness (QED) is 0.0812. The number of anilines is 2. The van der Waals surface area contributed by atoms with Crippen LogP contribution in [0.2, 0.25) is 0 Å². The zero-order chi connectivity index (χ0) is 41.0. The van der Waals surface area contributed by atoms with E-state index in [9.17, 15) is 23.6 Å². The Hall–Kier alpha value is -6.46. The third kappa shape index (κ3) is 8.42. The largest absolute Gasteiger partial charge is 0.496 e. The lowest BCUT2D eigenvalue weighted by molar-refractivity contribution is -0.136. The zero-order valence-corrected chi connectivity index (χ0v) is 32.7. The average Bonchev–Trinajstić information content (AvgIpc) is 3.80. The Morgan fingerprint density at radius 2 is 1.80 bits per heavy atom. The number of nitrogens with two attached hydrogens (primary N) is 1. The van der Waals surface area contributed by atoms with E-state index in [-0.39, 0.29) is 36.4 Å². The first kappa shape index (κ1) is 39.4. The summed E-state index contributed by atoms with van der Waals surface area (Å²) in [4.78, 5) is 62.7. The molecule has 2 aromatic heterocycles. The highest BCUT2D eigenvalue weighted by Gasteiger charge is 2.39. The van der Waals surface area contributed by atoms with Gasteiger partial charge in [0.25, 0.3) is 11.8 Å². The minimum absolute atomic E-state index is 0.126. The van der Waals surface area contributed by atoms with Crippen molar-refractivity contribution in [2.75, 3.05) is 57.4 Å². The van der Waals surface area contributed by atoms with Crippen LogP contribution in [0.4, 0.5) is 15.9 Å². The second-order valence-electron chi connectivity index (χ2n) is 15.0. The number of hydrogen-bond donors (Lipinski definition) is 5. The maximum atomic E-state index is 13.8. The minimum atomic E-state index is -0.625. The number of fused-ring (bicyclic) bond motifs is 2. The van der Waals surface area contributed by atoms with Crippen LogP contribution in [-0.2, 0) is 22.7 Å². The fraction of sp³-hybridized carbons (Fsp3) is 0.357. The minimum Gasteiger partial charge on any atom is -0.496 e. The van der Waals surface area contributed by atoms with Crippen LogP contribution < -0.4 is 31.7 Å². The van der Waals surface area contributed by atoms with Gasteiger partial charge in [-0.25, -0.2) is 19.0 Å². The number of amides is 4. The van der Waals surface area contributed by atoms with Crippen molar-refractivity contribution >= 4 is 46.2 Å². The second-order valence-corrected chi connectivity index (χ2v) is 15.0. The molecule has 1 atom stereocenters. The standard InChI is InChI=1S/C42H46FN11O5/c1-59-34-10-7-28(43)20-32(34)40(56)47-22-25-2-4-26(5-3-25)37-36-38(44)48-24-49-39(36)54(51-37)30-12-17-52(18-13-30)19-16-45-14-15-46-29-8-6-27-23-53(42(58)31(27)21-29)33-9-11-35(55)50-41(33)57/h2-8,10,20-21,24,30,33,45-46H,9,11-19,22-23H2,1H3,(H,47,56)(H2,44,48,49)(H,50,55,57)/t33-/m0/s1. The summed E-state index contributed by atoms with van der Waals surface area (Å²) in [6.45, 7) is 5.56. The van der Waals surface area contributed by atoms with Gasteiger partial charge in [-0.2, -0.15) is 5.10 Å². The number of hydrogen-bond acceptors (Lipinski definition) is 12. The molecule has 2 fully saturated rings. The molecule has 0 spiro atoms. The Morgan fingerprint density at radius 3 is 2.58 bits per heavy atom. The van der Waals surface area contributed by atoms with Gasteiger partial charge in [-0.1, -0.05) is 30.3 Å². The molecule has 5 heterocycles. The summed E-state index contributed by atoms with van der Waals surface area (Å²) in [5.41, 5.74) is 11.9. The molecule has 17 heteroatoms. The van der Waals surface area contributed by atoms with Crippen molar-refractivity contribution in [1.29, 1.82) is 0 Å². The normalized spacial score (nSPS) is 17.3. The molecule has 0 aliphatic carbocycles. The number of imide groups is 1. The van der Waals surface area contributed by atoms with Crippen molar-refractivity contribution in [3.05, 3.63) is 95.1 Å². The number of aromatic nitrogens is 4. The summed E-state index contributed by atoms with van der Waals surface area (Å²) in [5.74, 6) is -1.20. The van der Waals surface area contributed by atoms with E-state index in [2.05, 4.69) is 36.1 Å². The van der Waals surface area contributed by atoms with Gasteiger partial charge in [0.15, 0.2) is 5.65 Å². The van der Waals surface area contributed by atoms with E-state index in [1.54, 1.807) is 4.90 Å². The SMILES string of the molecule is COc1ccc(F)cc1C(=O)NCc1ccc(-c2nn(C3CCN(CCNCCNc4ccc5c(c4)C(=O)N([C@H]4CCC(=O)NC4=O)C5)CC3)c3ncnc(N)c23)cc1. The van der Waals surface area contributed by atoms with Crippen molar-refractivity contribution in [3.63, 3.8) is 0 Å². The van der Waals surface area contributed by atoms with Gasteiger partial charge in [-0.05, 0) is 60.7 Å². The summed E-state index contributed by atoms with van der Waals surface area (Å²) < 4.78 is 21.0. The molecule has 6 N–H and O–H groups in total. The van der Waals surface area contributed by atoms with Gasteiger partial charge in [0.05, 0.1) is 24.1 Å². The number of carbonyl (C=O) groups excluding carboxylic acids is 4. The van der Waals surface area contributed by atoms with E-state index in [1.165, 1.54) is 25.6 Å². The highest BCUT2D eigenvalue weighted by molar-refractivity contribution is 6.06. The maximum Gasteiger partial charge on any atom is 0.255 e. The van der Waals surface area contributed by atoms with Gasteiger partial charge in [0.1, 0.15) is 35.4 Å². The van der Waals surface area contributed by atoms with Gasteiger partial charge >= 0.3 is 0 Å². The molecule has 3 aliphatic heterocycles. The number of methoxy groups -OCH3 is 1. The van der Waals surface area contributed by atoms with Crippen molar-refractivity contribution in [2.24, 2.45) is 0 Å². The fourth-order valence-electron chi connectivity index (χ4n) is 8.08. The number of nitrogens with zero attached hydrogens (tertiary/aromatic N) is 6. The Balaban J connectivity index is 0.801. The number of piperidine rings is 2. The van der Waals surface area contributed by atoms with Crippen LogP contribution in [0.25, 0.3) is 22.3 Å². The van der Waals surface area contributed by atoms with Gasteiger partial charge in [-0.3, -0.25) is 24.5 Å². The number of nitrogen functional groups attached to an aromatic ring is 1. The van der Waals surface area contributed by atoms with Crippen LogP contribution in [0.1, 0.15) is 63.6 Å². The highest BCUT2D eigenvalue weighted by Crippen LogP contribution is 2.34. The number of ether oxygens (including phenoxy) is 1.